The van der Waals surface area contributed by atoms with Crippen LogP contribution in [0.5, 0.6) is 0 Å². The van der Waals surface area contributed by atoms with Gasteiger partial charge in [0.15, 0.2) is 0 Å². The fraction of sp³-hybridized carbons (Fsp3) is 0.455. The summed E-state index contributed by atoms with van der Waals surface area (Å²) in [6.45, 7) is 1.53. The zero-order chi connectivity index (χ0) is 20.7. The molecule has 0 aromatic heterocycles. The highest BCUT2D eigenvalue weighted by molar-refractivity contribution is 6.09. The summed E-state index contributed by atoms with van der Waals surface area (Å²) in [5.41, 5.74) is 0.862. The van der Waals surface area contributed by atoms with Crippen molar-refractivity contribution in [3.05, 3.63) is 48.0 Å². The molecule has 1 aromatic rings. The largest absolute Gasteiger partial charge is 0.467 e. The van der Waals surface area contributed by atoms with E-state index in [-0.39, 0.29) is 41.9 Å². The molecule has 1 saturated heterocycles. The number of carbonyl (C=O) groups is 4. The van der Waals surface area contributed by atoms with Crippen LogP contribution in [-0.2, 0) is 30.3 Å². The maximum atomic E-state index is 12.9. The average Bonchev–Trinajstić information content (AvgIpc) is 3.41. The van der Waals surface area contributed by atoms with E-state index in [2.05, 4.69) is 5.32 Å². The number of imide groups is 1. The van der Waals surface area contributed by atoms with E-state index in [1.807, 2.05) is 42.5 Å². The second kappa shape index (κ2) is 7.46. The maximum absolute atomic E-state index is 12.9. The second-order valence-corrected chi connectivity index (χ2v) is 8.00. The number of methoxy groups -OCH3 is 1. The molecule has 0 spiro atoms. The first-order chi connectivity index (χ1) is 13.9. The molecule has 2 bridgehead atoms. The highest BCUT2D eigenvalue weighted by Gasteiger charge is 2.60. The summed E-state index contributed by atoms with van der Waals surface area (Å²) >= 11 is 0. The van der Waals surface area contributed by atoms with Crippen LogP contribution in [0.4, 0.5) is 0 Å². The molecule has 0 radical (unpaired) electrons. The zero-order valence-electron chi connectivity index (χ0n) is 16.4. The van der Waals surface area contributed by atoms with Crippen LogP contribution in [0, 0.1) is 23.7 Å². The number of carbonyl (C=O) groups excluding carboxylic acids is 4. The number of ether oxygens (including phenoxy) is 1. The molecule has 6 atom stereocenters. The smallest absolute Gasteiger partial charge is 0.328 e. The first kappa shape index (κ1) is 19.4. The molecule has 4 rings (SSSR count). The van der Waals surface area contributed by atoms with E-state index in [0.717, 1.165) is 16.9 Å². The number of hydrogen-bond acceptors (Lipinski definition) is 5. The van der Waals surface area contributed by atoms with E-state index < -0.39 is 24.0 Å². The number of rotatable bonds is 6. The molecule has 3 amide bonds. The van der Waals surface area contributed by atoms with Gasteiger partial charge < -0.3 is 10.1 Å². The normalized spacial score (nSPS) is 29.0. The Hall–Kier alpha value is -2.96. The molecule has 7 heteroatoms. The van der Waals surface area contributed by atoms with Crippen LogP contribution in [0.15, 0.2) is 42.5 Å². The fourth-order valence-corrected chi connectivity index (χ4v) is 4.90. The molecule has 7 nitrogen and oxygen atoms in total. The number of nitrogens with zero attached hydrogens (tertiary/aromatic N) is 1. The van der Waals surface area contributed by atoms with Crippen LogP contribution >= 0.6 is 0 Å². The summed E-state index contributed by atoms with van der Waals surface area (Å²) in [6.07, 6.45) is 5.12. The van der Waals surface area contributed by atoms with E-state index >= 15 is 0 Å². The molecule has 0 unspecified atom stereocenters. The van der Waals surface area contributed by atoms with E-state index in [0.29, 0.717) is 0 Å². The molecule has 1 aliphatic heterocycles. The lowest BCUT2D eigenvalue weighted by Crippen LogP contribution is -2.53. The lowest BCUT2D eigenvalue weighted by atomic mass is 9.85. The molecule has 2 fully saturated rings. The Bertz CT molecular complexity index is 850. The molecule has 2 aliphatic carbocycles. The molecule has 29 heavy (non-hydrogen) atoms. The lowest BCUT2D eigenvalue weighted by molar-refractivity contribution is -0.149. The third-order valence-corrected chi connectivity index (χ3v) is 6.36. The Morgan fingerprint density at radius 3 is 2.24 bits per heavy atom. The summed E-state index contributed by atoms with van der Waals surface area (Å²) in [5, 5.41) is 2.66. The number of amides is 3. The van der Waals surface area contributed by atoms with E-state index in [4.69, 9.17) is 4.74 Å². The third kappa shape index (κ3) is 3.24. The standard InChI is InChI=1S/C22H24N2O5/c1-12(24-20(26)17-14-8-9-15(11-14)18(17)21(24)27)19(25)23-16(22(28)29-2)10-13-6-4-3-5-7-13/h3-9,12,14-18H,10-11H2,1-2H3,(H,23,25)/t12-,14-,15+,16-,17-,18+/m0/s1. The molecule has 3 aliphatic rings. The summed E-state index contributed by atoms with van der Waals surface area (Å²) in [7, 11) is 1.26. The van der Waals surface area contributed by atoms with Gasteiger partial charge in [-0.3, -0.25) is 19.3 Å². The number of esters is 1. The fourth-order valence-electron chi connectivity index (χ4n) is 4.90. The summed E-state index contributed by atoms with van der Waals surface area (Å²) in [6, 6.07) is 7.37. The average molecular weight is 396 g/mol. The van der Waals surface area contributed by atoms with Gasteiger partial charge in [-0.05, 0) is 30.7 Å². The van der Waals surface area contributed by atoms with Gasteiger partial charge in [-0.2, -0.15) is 0 Å². The van der Waals surface area contributed by atoms with Crippen molar-refractivity contribution in [2.24, 2.45) is 23.7 Å². The first-order valence-electron chi connectivity index (χ1n) is 9.89. The molecular weight excluding hydrogens is 372 g/mol. The van der Waals surface area contributed by atoms with Crippen molar-refractivity contribution in [2.75, 3.05) is 7.11 Å². The van der Waals surface area contributed by atoms with Gasteiger partial charge >= 0.3 is 5.97 Å². The van der Waals surface area contributed by atoms with Crippen molar-refractivity contribution < 1.29 is 23.9 Å². The Labute approximate surface area is 169 Å². The monoisotopic (exact) mass is 396 g/mol. The van der Waals surface area contributed by atoms with Gasteiger partial charge in [0.05, 0.1) is 18.9 Å². The quantitative estimate of drug-likeness (QED) is 0.441. The van der Waals surface area contributed by atoms with Crippen LogP contribution in [0.2, 0.25) is 0 Å². The number of fused-ring (bicyclic) bond motifs is 5. The van der Waals surface area contributed by atoms with Crippen molar-refractivity contribution in [1.82, 2.24) is 10.2 Å². The van der Waals surface area contributed by atoms with Crippen molar-refractivity contribution in [1.29, 1.82) is 0 Å². The predicted molar refractivity (Wildman–Crippen MR) is 103 cm³/mol. The van der Waals surface area contributed by atoms with Gasteiger partial charge in [0.2, 0.25) is 17.7 Å². The van der Waals surface area contributed by atoms with Crippen LogP contribution in [-0.4, -0.2) is 47.8 Å². The van der Waals surface area contributed by atoms with Crippen LogP contribution in [0.3, 0.4) is 0 Å². The van der Waals surface area contributed by atoms with E-state index in [1.165, 1.54) is 14.0 Å². The minimum Gasteiger partial charge on any atom is -0.467 e. The Kier molecular flexibility index (Phi) is 4.98. The predicted octanol–water partition coefficient (Wildman–Crippen LogP) is 1.08. The van der Waals surface area contributed by atoms with E-state index in [1.54, 1.807) is 0 Å². The minimum atomic E-state index is -0.983. The van der Waals surface area contributed by atoms with Crippen LogP contribution < -0.4 is 5.32 Å². The van der Waals surface area contributed by atoms with Gasteiger partial charge in [-0.25, -0.2) is 4.79 Å². The third-order valence-electron chi connectivity index (χ3n) is 6.36. The highest BCUT2D eigenvalue weighted by atomic mass is 16.5. The zero-order valence-corrected chi connectivity index (χ0v) is 16.4. The van der Waals surface area contributed by atoms with Crippen molar-refractivity contribution in [2.45, 2.75) is 31.8 Å². The van der Waals surface area contributed by atoms with Gasteiger partial charge in [-0.1, -0.05) is 42.5 Å². The molecule has 152 valence electrons. The lowest BCUT2D eigenvalue weighted by Gasteiger charge is -2.26. The number of likely N-dealkylation sites (tertiary alicyclic amines) is 1. The molecule has 1 aromatic carbocycles. The van der Waals surface area contributed by atoms with Crippen molar-refractivity contribution >= 4 is 23.7 Å². The molecule has 1 N–H and O–H groups in total. The number of benzene rings is 1. The summed E-state index contributed by atoms with van der Waals surface area (Å²) in [5.74, 6) is -2.22. The first-order valence-corrected chi connectivity index (χ1v) is 9.89. The number of hydrogen-bond donors (Lipinski definition) is 1. The van der Waals surface area contributed by atoms with Gasteiger partial charge in [0.1, 0.15) is 12.1 Å². The Morgan fingerprint density at radius 2 is 1.69 bits per heavy atom. The molecule has 1 saturated carbocycles. The van der Waals surface area contributed by atoms with Crippen molar-refractivity contribution in [3.8, 4) is 0 Å². The Morgan fingerprint density at radius 1 is 1.10 bits per heavy atom. The minimum absolute atomic E-state index is 0.0857. The van der Waals surface area contributed by atoms with Gasteiger partial charge in [-0.15, -0.1) is 0 Å². The summed E-state index contributed by atoms with van der Waals surface area (Å²) in [4.78, 5) is 51.9. The second-order valence-electron chi connectivity index (χ2n) is 8.00. The van der Waals surface area contributed by atoms with E-state index in [9.17, 15) is 19.2 Å². The van der Waals surface area contributed by atoms with Crippen LogP contribution in [0.1, 0.15) is 18.9 Å². The molecule has 1 heterocycles. The SMILES string of the molecule is COC(=O)[C@H](Cc1ccccc1)NC(=O)[C@H](C)N1C(=O)[C@@H]2[C@H](C1=O)[C@@H]1C=C[C@H]2C1. The topological polar surface area (TPSA) is 92.8 Å². The van der Waals surface area contributed by atoms with Gasteiger partial charge in [0, 0.05) is 6.42 Å². The van der Waals surface area contributed by atoms with Gasteiger partial charge in [0.25, 0.3) is 0 Å². The summed E-state index contributed by atoms with van der Waals surface area (Å²) < 4.78 is 4.82. The van der Waals surface area contributed by atoms with Crippen molar-refractivity contribution in [3.63, 3.8) is 0 Å². The number of nitrogens with one attached hydrogen (secondary N) is 1. The highest BCUT2D eigenvalue weighted by Crippen LogP contribution is 2.52. The van der Waals surface area contributed by atoms with Crippen LogP contribution in [0.25, 0.3) is 0 Å². The Balaban J connectivity index is 1.47. The maximum Gasteiger partial charge on any atom is 0.328 e. The number of allylic oxidation sites excluding steroid dienone is 2. The molecular formula is C22H24N2O5.